The average molecular weight is 340 g/mol. The van der Waals surface area contributed by atoms with Gasteiger partial charge in [-0.25, -0.2) is 0 Å². The van der Waals surface area contributed by atoms with Gasteiger partial charge in [-0.15, -0.1) is 11.3 Å². The molecule has 2 aromatic heterocycles. The molecule has 1 atom stereocenters. The fourth-order valence-corrected chi connectivity index (χ4v) is 3.32. The molecule has 2 heterocycles. The first-order valence-corrected chi connectivity index (χ1v) is 7.93. The second-order valence-corrected chi connectivity index (χ2v) is 6.45. The first kappa shape index (κ1) is 14.5. The zero-order chi connectivity index (χ0) is 13.8. The van der Waals surface area contributed by atoms with Crippen LogP contribution in [-0.4, -0.2) is 12.0 Å². The summed E-state index contributed by atoms with van der Waals surface area (Å²) in [6, 6.07) is 6.29. The third-order valence-electron chi connectivity index (χ3n) is 3.05. The van der Waals surface area contributed by atoms with Crippen molar-refractivity contribution in [3.63, 3.8) is 0 Å². The number of thiophene rings is 1. The second-order valence-electron chi connectivity index (χ2n) is 4.54. The fourth-order valence-electron chi connectivity index (χ4n) is 1.81. The van der Waals surface area contributed by atoms with Crippen molar-refractivity contribution in [3.05, 3.63) is 44.8 Å². The van der Waals surface area contributed by atoms with Crippen molar-refractivity contribution in [1.82, 2.24) is 4.98 Å². The molecule has 0 aromatic carbocycles. The molecule has 0 saturated carbocycles. The van der Waals surface area contributed by atoms with Crippen molar-refractivity contribution >= 4 is 33.0 Å². The number of nitrogens with zero attached hydrogens (tertiary/aromatic N) is 2. The normalized spacial score (nSPS) is 12.4. The highest BCUT2D eigenvalue weighted by Crippen LogP contribution is 2.23. The van der Waals surface area contributed by atoms with Crippen molar-refractivity contribution < 1.29 is 0 Å². The van der Waals surface area contributed by atoms with Gasteiger partial charge in [0.15, 0.2) is 0 Å². The first-order valence-electron chi connectivity index (χ1n) is 6.25. The molecular weight excluding hydrogens is 322 g/mol. The van der Waals surface area contributed by atoms with Gasteiger partial charge in [-0.3, -0.25) is 4.98 Å². The summed E-state index contributed by atoms with van der Waals surface area (Å²) in [4.78, 5) is 7.95. The minimum absolute atomic E-state index is 0.0348. The number of anilines is 1. The Morgan fingerprint density at radius 2 is 2.26 bits per heavy atom. The summed E-state index contributed by atoms with van der Waals surface area (Å²) >= 11 is 5.23. The maximum Gasteiger partial charge on any atom is 0.0572 e. The Kier molecular flexibility index (Phi) is 4.96. The zero-order valence-corrected chi connectivity index (χ0v) is 13.5. The van der Waals surface area contributed by atoms with Crippen LogP contribution in [0.4, 0.5) is 5.69 Å². The Morgan fingerprint density at radius 1 is 1.47 bits per heavy atom. The van der Waals surface area contributed by atoms with Crippen LogP contribution >= 0.6 is 27.3 Å². The predicted molar refractivity (Wildman–Crippen MR) is 85.6 cm³/mol. The summed E-state index contributed by atoms with van der Waals surface area (Å²) in [6.45, 7) is 2.96. The van der Waals surface area contributed by atoms with Crippen LogP contribution in [-0.2, 0) is 6.54 Å². The standard InChI is InChI=1S/C14H18BrN3S/c1-3-13(16)14-5-4-11(7-17-14)18(2)8-12-6-10(15)9-19-12/h4-7,9,13H,3,8,16H2,1-2H3/t13-/m0/s1. The Bertz CT molecular complexity index is 524. The Morgan fingerprint density at radius 3 is 2.79 bits per heavy atom. The molecule has 0 unspecified atom stereocenters. The number of pyridine rings is 1. The molecule has 0 saturated heterocycles. The smallest absolute Gasteiger partial charge is 0.0572 e. The zero-order valence-electron chi connectivity index (χ0n) is 11.1. The largest absolute Gasteiger partial charge is 0.368 e. The van der Waals surface area contributed by atoms with Crippen LogP contribution in [0.25, 0.3) is 0 Å². The molecule has 0 spiro atoms. The van der Waals surface area contributed by atoms with E-state index in [1.54, 1.807) is 11.3 Å². The van der Waals surface area contributed by atoms with Crippen molar-refractivity contribution in [2.75, 3.05) is 11.9 Å². The van der Waals surface area contributed by atoms with Crippen molar-refractivity contribution in [3.8, 4) is 0 Å². The quantitative estimate of drug-likeness (QED) is 0.896. The molecule has 3 nitrogen and oxygen atoms in total. The van der Waals surface area contributed by atoms with Crippen LogP contribution < -0.4 is 10.6 Å². The van der Waals surface area contributed by atoms with Gasteiger partial charge in [0.05, 0.1) is 24.1 Å². The van der Waals surface area contributed by atoms with E-state index in [2.05, 4.69) is 57.3 Å². The van der Waals surface area contributed by atoms with Gasteiger partial charge in [0.2, 0.25) is 0 Å². The predicted octanol–water partition coefficient (Wildman–Crippen LogP) is 3.95. The van der Waals surface area contributed by atoms with E-state index < -0.39 is 0 Å². The van der Waals surface area contributed by atoms with Gasteiger partial charge in [0, 0.05) is 27.8 Å². The summed E-state index contributed by atoms with van der Waals surface area (Å²) in [6.07, 6.45) is 2.80. The van der Waals surface area contributed by atoms with Crippen LogP contribution in [0.15, 0.2) is 34.2 Å². The summed E-state index contributed by atoms with van der Waals surface area (Å²) < 4.78 is 1.14. The molecule has 0 fully saturated rings. The monoisotopic (exact) mass is 339 g/mol. The summed E-state index contributed by atoms with van der Waals surface area (Å²) in [5, 5.41) is 2.10. The molecular formula is C14H18BrN3S. The van der Waals surface area contributed by atoms with Crippen LogP contribution in [0.2, 0.25) is 0 Å². The van der Waals surface area contributed by atoms with Gasteiger partial charge in [0.25, 0.3) is 0 Å². The van der Waals surface area contributed by atoms with Crippen LogP contribution in [0.3, 0.4) is 0 Å². The molecule has 2 rings (SSSR count). The van der Waals surface area contributed by atoms with E-state index in [1.165, 1.54) is 4.88 Å². The highest BCUT2D eigenvalue weighted by molar-refractivity contribution is 9.10. The fraction of sp³-hybridized carbons (Fsp3) is 0.357. The van der Waals surface area contributed by atoms with E-state index in [0.29, 0.717) is 0 Å². The number of nitrogens with two attached hydrogens (primary N) is 1. The van der Waals surface area contributed by atoms with Gasteiger partial charge in [-0.05, 0) is 40.5 Å². The number of halogens is 1. The molecule has 0 amide bonds. The molecule has 19 heavy (non-hydrogen) atoms. The minimum atomic E-state index is 0.0348. The maximum absolute atomic E-state index is 5.97. The highest BCUT2D eigenvalue weighted by atomic mass is 79.9. The van der Waals surface area contributed by atoms with Crippen molar-refractivity contribution in [2.24, 2.45) is 5.73 Å². The Hall–Kier alpha value is -0.910. The third-order valence-corrected chi connectivity index (χ3v) is 4.73. The highest BCUT2D eigenvalue weighted by Gasteiger charge is 2.07. The SMILES string of the molecule is CC[C@H](N)c1ccc(N(C)Cc2cc(Br)cs2)cn1. The molecule has 5 heteroatoms. The number of hydrogen-bond donors (Lipinski definition) is 1. The Labute approximate surface area is 126 Å². The molecule has 0 radical (unpaired) electrons. The lowest BCUT2D eigenvalue weighted by molar-refractivity contribution is 0.675. The lowest BCUT2D eigenvalue weighted by Gasteiger charge is -2.18. The Balaban J connectivity index is 2.05. The number of rotatable bonds is 5. The number of hydrogen-bond acceptors (Lipinski definition) is 4. The molecule has 2 aromatic rings. The van der Waals surface area contributed by atoms with E-state index in [4.69, 9.17) is 5.73 Å². The van der Waals surface area contributed by atoms with Crippen LogP contribution in [0.1, 0.15) is 30.0 Å². The van der Waals surface area contributed by atoms with E-state index in [0.717, 1.165) is 28.8 Å². The van der Waals surface area contributed by atoms with Crippen molar-refractivity contribution in [2.45, 2.75) is 25.9 Å². The van der Waals surface area contributed by atoms with Gasteiger partial charge < -0.3 is 10.6 Å². The van der Waals surface area contributed by atoms with E-state index in [-0.39, 0.29) is 6.04 Å². The summed E-state index contributed by atoms with van der Waals surface area (Å²) in [5.74, 6) is 0. The van der Waals surface area contributed by atoms with Crippen LogP contribution in [0, 0.1) is 0 Å². The maximum atomic E-state index is 5.97. The van der Waals surface area contributed by atoms with Gasteiger partial charge in [-0.2, -0.15) is 0 Å². The minimum Gasteiger partial charge on any atom is -0.368 e. The second kappa shape index (κ2) is 6.50. The number of aromatic nitrogens is 1. The van der Waals surface area contributed by atoms with Gasteiger partial charge in [0.1, 0.15) is 0 Å². The molecule has 2 N–H and O–H groups in total. The first-order chi connectivity index (χ1) is 9.10. The third kappa shape index (κ3) is 3.78. The van der Waals surface area contributed by atoms with Gasteiger partial charge >= 0.3 is 0 Å². The lowest BCUT2D eigenvalue weighted by Crippen LogP contribution is -2.16. The van der Waals surface area contributed by atoms with E-state index in [9.17, 15) is 0 Å². The molecule has 102 valence electrons. The topological polar surface area (TPSA) is 42.1 Å². The molecule has 0 bridgehead atoms. The molecule has 0 aliphatic carbocycles. The lowest BCUT2D eigenvalue weighted by atomic mass is 10.1. The van der Waals surface area contributed by atoms with E-state index >= 15 is 0 Å². The average Bonchev–Trinajstić information content (AvgIpc) is 2.83. The van der Waals surface area contributed by atoms with Crippen molar-refractivity contribution in [1.29, 1.82) is 0 Å². The molecule has 0 aliphatic rings. The van der Waals surface area contributed by atoms with E-state index in [1.807, 2.05) is 12.3 Å². The van der Waals surface area contributed by atoms with Gasteiger partial charge in [-0.1, -0.05) is 6.92 Å². The summed E-state index contributed by atoms with van der Waals surface area (Å²) in [5.41, 5.74) is 8.03. The van der Waals surface area contributed by atoms with Crippen LogP contribution in [0.5, 0.6) is 0 Å². The molecule has 0 aliphatic heterocycles. The summed E-state index contributed by atoms with van der Waals surface area (Å²) in [7, 11) is 2.07.